The highest BCUT2D eigenvalue weighted by Crippen LogP contribution is 2.31. The molecule has 0 atom stereocenters. The van der Waals surface area contributed by atoms with E-state index in [0.29, 0.717) is 21.9 Å². The Kier molecular flexibility index (Phi) is 7.41. The molecule has 0 radical (unpaired) electrons. The first kappa shape index (κ1) is 24.3. The summed E-state index contributed by atoms with van der Waals surface area (Å²) in [6, 6.07) is 22.1. The lowest BCUT2D eigenvalue weighted by molar-refractivity contribution is -0.274. The van der Waals surface area contributed by atoms with Crippen LogP contribution in [0.3, 0.4) is 0 Å². The van der Waals surface area contributed by atoms with Crippen LogP contribution in [0.5, 0.6) is 5.75 Å². The number of hydrogen-bond donors (Lipinski definition) is 0. The van der Waals surface area contributed by atoms with E-state index in [1.807, 2.05) is 18.2 Å². The molecule has 178 valence electrons. The van der Waals surface area contributed by atoms with Crippen LogP contribution in [0.2, 0.25) is 0 Å². The summed E-state index contributed by atoms with van der Waals surface area (Å²) in [5, 5.41) is 1.11. The van der Waals surface area contributed by atoms with Crippen LogP contribution >= 0.6 is 0 Å². The van der Waals surface area contributed by atoms with Crippen molar-refractivity contribution < 1.29 is 22.3 Å². The van der Waals surface area contributed by atoms with Gasteiger partial charge in [0.05, 0.1) is 0 Å². The number of hydrogen-bond acceptors (Lipinski definition) is 1. The molecule has 4 aromatic carbocycles. The molecule has 0 unspecified atom stereocenters. The molecule has 5 heteroatoms. The van der Waals surface area contributed by atoms with E-state index >= 15 is 4.39 Å². The monoisotopic (exact) mass is 476 g/mol. The Balaban J connectivity index is 1.52. The van der Waals surface area contributed by atoms with E-state index in [9.17, 15) is 13.2 Å². The first-order valence-electron chi connectivity index (χ1n) is 11.5. The highest BCUT2D eigenvalue weighted by atomic mass is 19.4. The van der Waals surface area contributed by atoms with E-state index < -0.39 is 12.2 Å². The molecule has 0 N–H and O–H groups in total. The molecule has 0 aromatic heterocycles. The van der Waals surface area contributed by atoms with Gasteiger partial charge in [-0.25, -0.2) is 4.39 Å². The van der Waals surface area contributed by atoms with Crippen LogP contribution in [0.4, 0.5) is 17.6 Å². The Bertz CT molecular complexity index is 1360. The smallest absolute Gasteiger partial charge is 0.406 e. The van der Waals surface area contributed by atoms with Crippen molar-refractivity contribution in [2.24, 2.45) is 0 Å². The Morgan fingerprint density at radius 3 is 2.14 bits per heavy atom. The van der Waals surface area contributed by atoms with Crippen molar-refractivity contribution in [1.29, 1.82) is 0 Å². The fourth-order valence-electron chi connectivity index (χ4n) is 3.91. The Hall–Kier alpha value is -3.78. The molecule has 0 aliphatic rings. The number of aryl methyl sites for hydroxylation is 1. The summed E-state index contributed by atoms with van der Waals surface area (Å²) in [6.45, 7) is 2.19. The lowest BCUT2D eigenvalue weighted by Crippen LogP contribution is -2.16. The zero-order valence-electron chi connectivity index (χ0n) is 19.3. The molecule has 0 heterocycles. The minimum Gasteiger partial charge on any atom is -0.406 e. The lowest BCUT2D eigenvalue weighted by atomic mass is 9.99. The molecule has 0 saturated carbocycles. The second-order valence-electron chi connectivity index (χ2n) is 8.34. The van der Waals surface area contributed by atoms with E-state index in [-0.39, 0.29) is 5.75 Å². The van der Waals surface area contributed by atoms with Crippen molar-refractivity contribution in [1.82, 2.24) is 0 Å². The molecular formula is C30H24F4O. The maximum Gasteiger partial charge on any atom is 0.573 e. The third kappa shape index (κ3) is 6.42. The molecule has 0 aliphatic heterocycles. The first-order valence-corrected chi connectivity index (χ1v) is 11.5. The van der Waals surface area contributed by atoms with Gasteiger partial charge in [-0.15, -0.1) is 13.2 Å². The van der Waals surface area contributed by atoms with Gasteiger partial charge in [-0.2, -0.15) is 0 Å². The van der Waals surface area contributed by atoms with E-state index in [4.69, 9.17) is 0 Å². The molecular weight excluding hydrogens is 452 g/mol. The number of fused-ring (bicyclic) bond motifs is 1. The quantitative estimate of drug-likeness (QED) is 0.154. The van der Waals surface area contributed by atoms with Gasteiger partial charge in [0, 0.05) is 22.1 Å². The molecule has 1 nitrogen and oxygen atoms in total. The average Bonchev–Trinajstić information content (AvgIpc) is 2.84. The summed E-state index contributed by atoms with van der Waals surface area (Å²) in [5.41, 5.74) is 3.76. The van der Waals surface area contributed by atoms with E-state index in [1.165, 1.54) is 49.1 Å². The predicted octanol–water partition coefficient (Wildman–Crippen LogP) is 8.68. The zero-order valence-corrected chi connectivity index (χ0v) is 19.3. The van der Waals surface area contributed by atoms with Gasteiger partial charge in [-0.1, -0.05) is 74.1 Å². The maximum atomic E-state index is 15.2. The maximum absolute atomic E-state index is 15.2. The van der Waals surface area contributed by atoms with Crippen LogP contribution in [0.25, 0.3) is 21.9 Å². The number of halogens is 4. The molecule has 0 saturated heterocycles. The van der Waals surface area contributed by atoms with Gasteiger partial charge in [0.1, 0.15) is 11.6 Å². The third-order valence-electron chi connectivity index (χ3n) is 5.73. The van der Waals surface area contributed by atoms with Gasteiger partial charge in [0.2, 0.25) is 0 Å². The van der Waals surface area contributed by atoms with Crippen molar-refractivity contribution in [3.8, 4) is 28.7 Å². The fraction of sp³-hybridized carbons (Fsp3) is 0.200. The van der Waals surface area contributed by atoms with Gasteiger partial charge < -0.3 is 4.74 Å². The second-order valence-corrected chi connectivity index (χ2v) is 8.34. The van der Waals surface area contributed by atoms with Crippen LogP contribution in [0.1, 0.15) is 42.9 Å². The van der Waals surface area contributed by atoms with Crippen molar-refractivity contribution in [3.63, 3.8) is 0 Å². The highest BCUT2D eigenvalue weighted by molar-refractivity contribution is 5.89. The number of rotatable bonds is 6. The first-order chi connectivity index (χ1) is 16.8. The van der Waals surface area contributed by atoms with Crippen LogP contribution in [-0.4, -0.2) is 6.36 Å². The van der Waals surface area contributed by atoms with Gasteiger partial charge in [-0.05, 0) is 65.8 Å². The van der Waals surface area contributed by atoms with Crippen molar-refractivity contribution >= 4 is 10.8 Å². The Labute approximate surface area is 202 Å². The standard InChI is InChI=1S/C30H24F4O/c1-2-3-4-5-21-6-8-22(9-7-21)10-11-23-12-18-28-25(20-23)15-19-27(29(28)31)24-13-16-26(17-14-24)35-30(32,33)34/h6-9,12-20H,2-5H2,1H3. The Morgan fingerprint density at radius 1 is 0.771 bits per heavy atom. The molecule has 4 rings (SSSR count). The molecule has 0 amide bonds. The van der Waals surface area contributed by atoms with E-state index in [0.717, 1.165) is 17.5 Å². The van der Waals surface area contributed by atoms with Crippen LogP contribution in [-0.2, 0) is 6.42 Å². The minimum absolute atomic E-state index is 0.300. The van der Waals surface area contributed by atoms with Gasteiger partial charge in [0.25, 0.3) is 0 Å². The van der Waals surface area contributed by atoms with Gasteiger partial charge in [0.15, 0.2) is 0 Å². The van der Waals surface area contributed by atoms with E-state index in [1.54, 1.807) is 24.3 Å². The fourth-order valence-corrected chi connectivity index (χ4v) is 3.91. The number of unbranched alkanes of at least 4 members (excludes halogenated alkanes) is 2. The predicted molar refractivity (Wildman–Crippen MR) is 132 cm³/mol. The highest BCUT2D eigenvalue weighted by Gasteiger charge is 2.31. The molecule has 0 fully saturated rings. The Morgan fingerprint density at radius 2 is 1.46 bits per heavy atom. The summed E-state index contributed by atoms with van der Waals surface area (Å²) in [6.07, 6.45) is -0.0723. The number of benzene rings is 4. The van der Waals surface area contributed by atoms with Gasteiger partial charge >= 0.3 is 6.36 Å². The van der Waals surface area contributed by atoms with Crippen LogP contribution < -0.4 is 4.74 Å². The van der Waals surface area contributed by atoms with Crippen molar-refractivity contribution in [2.75, 3.05) is 0 Å². The number of alkyl halides is 3. The third-order valence-corrected chi connectivity index (χ3v) is 5.73. The summed E-state index contributed by atoms with van der Waals surface area (Å²) in [7, 11) is 0. The molecule has 35 heavy (non-hydrogen) atoms. The molecule has 0 aliphatic carbocycles. The second kappa shape index (κ2) is 10.7. The van der Waals surface area contributed by atoms with E-state index in [2.05, 4.69) is 35.6 Å². The van der Waals surface area contributed by atoms with Crippen LogP contribution in [0, 0.1) is 17.7 Å². The molecule has 0 spiro atoms. The summed E-state index contributed by atoms with van der Waals surface area (Å²) in [4.78, 5) is 0. The van der Waals surface area contributed by atoms with Crippen LogP contribution in [0.15, 0.2) is 78.9 Å². The summed E-state index contributed by atoms with van der Waals surface area (Å²) >= 11 is 0. The van der Waals surface area contributed by atoms with Gasteiger partial charge in [-0.3, -0.25) is 0 Å². The SMILES string of the molecule is CCCCCc1ccc(C#Cc2ccc3c(F)c(-c4ccc(OC(F)(F)F)cc4)ccc3c2)cc1. The number of ether oxygens (including phenoxy) is 1. The largest absolute Gasteiger partial charge is 0.573 e. The summed E-state index contributed by atoms with van der Waals surface area (Å²) in [5.74, 6) is 5.50. The lowest BCUT2D eigenvalue weighted by Gasteiger charge is -2.10. The molecule has 0 bridgehead atoms. The minimum atomic E-state index is -4.77. The average molecular weight is 477 g/mol. The topological polar surface area (TPSA) is 9.23 Å². The normalized spacial score (nSPS) is 11.2. The summed E-state index contributed by atoms with van der Waals surface area (Å²) < 4.78 is 56.2. The van der Waals surface area contributed by atoms with Crippen molar-refractivity contribution in [3.05, 3.63) is 101 Å². The molecule has 4 aromatic rings. The zero-order chi connectivity index (χ0) is 24.8. The van der Waals surface area contributed by atoms with Crippen molar-refractivity contribution in [2.45, 2.75) is 39.0 Å².